The van der Waals surface area contributed by atoms with Gasteiger partial charge in [-0.25, -0.2) is 0 Å². The Morgan fingerprint density at radius 2 is 1.41 bits per heavy atom. The van der Waals surface area contributed by atoms with E-state index in [-0.39, 0.29) is 5.41 Å². The van der Waals surface area contributed by atoms with Gasteiger partial charge in [0.05, 0.1) is 11.4 Å². The molecule has 5 rings (SSSR count). The first-order valence-corrected chi connectivity index (χ1v) is 13.0. The second-order valence-corrected chi connectivity index (χ2v) is 10.5. The zero-order valence-corrected chi connectivity index (χ0v) is 22.2. The first kappa shape index (κ1) is 24.6. The van der Waals surface area contributed by atoms with Crippen LogP contribution in [0, 0.1) is 5.41 Å². The Kier molecular flexibility index (Phi) is 6.76. The van der Waals surface area contributed by atoms with Crippen molar-refractivity contribution >= 4 is 5.71 Å². The smallest absolute Gasteiger partial charge is 0.0708 e. The predicted octanol–water partition coefficient (Wildman–Crippen LogP) is 8.95. The van der Waals surface area contributed by atoms with Crippen LogP contribution in [0.15, 0.2) is 114 Å². The van der Waals surface area contributed by atoms with Crippen molar-refractivity contribution in [1.82, 2.24) is 4.98 Å². The molecule has 0 bridgehead atoms. The Hall–Kier alpha value is -4.04. The van der Waals surface area contributed by atoms with Crippen molar-refractivity contribution in [3.8, 4) is 22.4 Å². The highest BCUT2D eigenvalue weighted by Gasteiger charge is 2.30. The summed E-state index contributed by atoms with van der Waals surface area (Å²) in [5, 5.41) is 9.03. The topological polar surface area (TPSA) is 36.7 Å². The summed E-state index contributed by atoms with van der Waals surface area (Å²) in [6, 6.07) is 29.8. The molecule has 0 fully saturated rings. The minimum absolute atomic E-state index is 0.371. The van der Waals surface area contributed by atoms with E-state index in [0.717, 1.165) is 40.8 Å². The molecule has 2 nitrogen and oxygen atoms in total. The molecular formula is C35H34N2. The minimum atomic E-state index is -0.371. The molecule has 1 N–H and O–H groups in total. The third kappa shape index (κ3) is 4.84. The molecule has 0 saturated carbocycles. The van der Waals surface area contributed by atoms with Gasteiger partial charge in [0.1, 0.15) is 0 Å². The number of nitrogens with one attached hydrogen (secondary N) is 1. The van der Waals surface area contributed by atoms with Crippen molar-refractivity contribution in [1.29, 1.82) is 5.41 Å². The van der Waals surface area contributed by atoms with Crippen LogP contribution in [-0.2, 0) is 11.8 Å². The summed E-state index contributed by atoms with van der Waals surface area (Å²) in [5.74, 6) is 0. The standard InChI is InChI=1S/C35H34N2/c1-24-13-12-17-26-14-8-9-18-28(26)30-22-34(27-15-6-5-7-16-27)37-23-32(30)35(3,4)31-20-11-10-19-29(31)33(36)21-25(24)2/h5-11,13-16,18-23,36H,12,17H2,1-4H3. The predicted molar refractivity (Wildman–Crippen MR) is 156 cm³/mol. The number of fused-ring (bicyclic) bond motifs is 4. The lowest BCUT2D eigenvalue weighted by Crippen LogP contribution is -2.24. The Morgan fingerprint density at radius 1 is 0.730 bits per heavy atom. The summed E-state index contributed by atoms with van der Waals surface area (Å²) in [4.78, 5) is 4.97. The number of allylic oxidation sites excluding steroid dienone is 4. The van der Waals surface area contributed by atoms with E-state index in [4.69, 9.17) is 10.4 Å². The summed E-state index contributed by atoms with van der Waals surface area (Å²) in [6.45, 7) is 8.79. The lowest BCUT2D eigenvalue weighted by atomic mass is 9.72. The molecule has 0 atom stereocenters. The quantitative estimate of drug-likeness (QED) is 0.289. The van der Waals surface area contributed by atoms with Gasteiger partial charge >= 0.3 is 0 Å². The highest BCUT2D eigenvalue weighted by molar-refractivity contribution is 6.08. The van der Waals surface area contributed by atoms with E-state index < -0.39 is 0 Å². The molecule has 184 valence electrons. The fourth-order valence-electron chi connectivity index (χ4n) is 5.37. The van der Waals surface area contributed by atoms with E-state index in [1.807, 2.05) is 18.2 Å². The first-order chi connectivity index (χ1) is 17.9. The number of aromatic nitrogens is 1. The van der Waals surface area contributed by atoms with Gasteiger partial charge in [-0.3, -0.25) is 4.98 Å². The van der Waals surface area contributed by atoms with Gasteiger partial charge in [-0.15, -0.1) is 0 Å². The van der Waals surface area contributed by atoms with E-state index in [1.165, 1.54) is 27.8 Å². The molecule has 0 aliphatic heterocycles. The number of pyridine rings is 1. The molecule has 4 aromatic rings. The summed E-state index contributed by atoms with van der Waals surface area (Å²) in [6.07, 6.45) is 8.29. The lowest BCUT2D eigenvalue weighted by molar-refractivity contribution is 0.638. The maximum absolute atomic E-state index is 9.03. The van der Waals surface area contributed by atoms with Crippen LogP contribution in [0.4, 0.5) is 0 Å². The average Bonchev–Trinajstić information content (AvgIpc) is 2.93. The second kappa shape index (κ2) is 10.1. The van der Waals surface area contributed by atoms with E-state index in [9.17, 15) is 0 Å². The molecule has 1 aliphatic rings. The molecule has 3 aromatic carbocycles. The minimum Gasteiger partial charge on any atom is -0.300 e. The molecule has 2 heteroatoms. The van der Waals surface area contributed by atoms with Gasteiger partial charge < -0.3 is 5.41 Å². The highest BCUT2D eigenvalue weighted by Crippen LogP contribution is 2.42. The van der Waals surface area contributed by atoms with Crippen LogP contribution in [-0.4, -0.2) is 10.7 Å². The Balaban J connectivity index is 1.82. The zero-order valence-electron chi connectivity index (χ0n) is 22.2. The number of hydrogen-bond donors (Lipinski definition) is 1. The monoisotopic (exact) mass is 482 g/mol. The summed E-state index contributed by atoms with van der Waals surface area (Å²) in [7, 11) is 0. The summed E-state index contributed by atoms with van der Waals surface area (Å²) < 4.78 is 0. The van der Waals surface area contributed by atoms with E-state index in [0.29, 0.717) is 5.71 Å². The molecule has 0 spiro atoms. The summed E-state index contributed by atoms with van der Waals surface area (Å²) >= 11 is 0. The van der Waals surface area contributed by atoms with Crippen molar-refractivity contribution < 1.29 is 0 Å². The molecule has 37 heavy (non-hydrogen) atoms. The largest absolute Gasteiger partial charge is 0.300 e. The molecule has 1 aromatic heterocycles. The fraction of sp³-hybridized carbons (Fsp3) is 0.200. The van der Waals surface area contributed by atoms with Crippen LogP contribution in [0.3, 0.4) is 0 Å². The first-order valence-electron chi connectivity index (χ1n) is 13.0. The van der Waals surface area contributed by atoms with Gasteiger partial charge in [0.25, 0.3) is 0 Å². The number of aryl methyl sites for hydroxylation is 1. The van der Waals surface area contributed by atoms with Gasteiger partial charge in [0.2, 0.25) is 0 Å². The van der Waals surface area contributed by atoms with Gasteiger partial charge in [0, 0.05) is 22.7 Å². The third-order valence-corrected chi connectivity index (χ3v) is 7.69. The van der Waals surface area contributed by atoms with Gasteiger partial charge in [-0.05, 0) is 72.2 Å². The van der Waals surface area contributed by atoms with Crippen LogP contribution in [0.2, 0.25) is 0 Å². The zero-order chi connectivity index (χ0) is 26.0. The molecule has 1 aliphatic carbocycles. The second-order valence-electron chi connectivity index (χ2n) is 10.5. The van der Waals surface area contributed by atoms with E-state index >= 15 is 0 Å². The van der Waals surface area contributed by atoms with Gasteiger partial charge in [-0.1, -0.05) is 104 Å². The van der Waals surface area contributed by atoms with Crippen molar-refractivity contribution in [2.24, 2.45) is 0 Å². The SMILES string of the molecule is CC1=CCCc2ccccc2-c2cc(-c3ccccc3)ncc2C(C)(C)c2ccccc2C(=N)C=C1C. The van der Waals surface area contributed by atoms with Crippen molar-refractivity contribution in [2.75, 3.05) is 0 Å². The number of nitrogens with zero attached hydrogens (tertiary/aromatic N) is 1. The Morgan fingerprint density at radius 3 is 2.19 bits per heavy atom. The van der Waals surface area contributed by atoms with Crippen LogP contribution >= 0.6 is 0 Å². The van der Waals surface area contributed by atoms with Crippen molar-refractivity contribution in [3.05, 3.63) is 137 Å². The molecule has 0 amide bonds. The molecule has 0 radical (unpaired) electrons. The Labute approximate surface area is 221 Å². The molecular weight excluding hydrogens is 448 g/mol. The third-order valence-electron chi connectivity index (χ3n) is 7.69. The van der Waals surface area contributed by atoms with Gasteiger partial charge in [0.15, 0.2) is 0 Å². The normalized spacial score (nSPS) is 15.4. The molecule has 1 heterocycles. The number of rotatable bonds is 1. The van der Waals surface area contributed by atoms with Crippen LogP contribution in [0.1, 0.15) is 56.4 Å². The van der Waals surface area contributed by atoms with Crippen LogP contribution in [0.25, 0.3) is 22.4 Å². The maximum Gasteiger partial charge on any atom is 0.0708 e. The molecule has 0 saturated heterocycles. The van der Waals surface area contributed by atoms with E-state index in [1.54, 1.807) is 0 Å². The average molecular weight is 483 g/mol. The fourth-order valence-corrected chi connectivity index (χ4v) is 5.37. The summed E-state index contributed by atoms with van der Waals surface area (Å²) in [5.41, 5.74) is 11.7. The van der Waals surface area contributed by atoms with Crippen molar-refractivity contribution in [2.45, 2.75) is 46.0 Å². The number of hydrogen-bond acceptors (Lipinski definition) is 2. The number of benzene rings is 3. The van der Waals surface area contributed by atoms with Crippen LogP contribution in [0.5, 0.6) is 0 Å². The van der Waals surface area contributed by atoms with E-state index in [2.05, 4.69) is 113 Å². The van der Waals surface area contributed by atoms with Crippen LogP contribution < -0.4 is 0 Å². The molecule has 0 unspecified atom stereocenters. The van der Waals surface area contributed by atoms with Crippen molar-refractivity contribution in [3.63, 3.8) is 0 Å². The Bertz CT molecular complexity index is 1520. The highest BCUT2D eigenvalue weighted by atomic mass is 14.7. The maximum atomic E-state index is 9.03. The lowest BCUT2D eigenvalue weighted by Gasteiger charge is -2.31. The van der Waals surface area contributed by atoms with Gasteiger partial charge in [-0.2, -0.15) is 0 Å².